The summed E-state index contributed by atoms with van der Waals surface area (Å²) in [7, 11) is 0. The van der Waals surface area contributed by atoms with E-state index < -0.39 is 0 Å². The number of nitrogens with zero attached hydrogens (tertiary/aromatic N) is 3. The molecule has 2 aliphatic heterocycles. The average molecular weight is 387 g/mol. The second kappa shape index (κ2) is 11.5. The number of carbonyl (C=O) groups is 1. The molecular formula is C23H38N4O. The maximum Gasteiger partial charge on any atom is 0.253 e. The Morgan fingerprint density at radius 2 is 1.86 bits per heavy atom. The number of unbranched alkanes of at least 4 members (excludes halogenated alkanes) is 2. The Balaban J connectivity index is 1.35. The lowest BCUT2D eigenvalue weighted by Crippen LogP contribution is -2.59. The predicted molar refractivity (Wildman–Crippen MR) is 116 cm³/mol. The molecule has 1 aromatic rings. The first kappa shape index (κ1) is 21.3. The highest BCUT2D eigenvalue weighted by Gasteiger charge is 2.31. The number of rotatable bonds is 10. The molecule has 0 aromatic heterocycles. The zero-order valence-electron chi connectivity index (χ0n) is 17.6. The summed E-state index contributed by atoms with van der Waals surface area (Å²) in [6.07, 6.45) is 5.76. The van der Waals surface area contributed by atoms with Crippen LogP contribution < -0.4 is 5.32 Å². The van der Waals surface area contributed by atoms with Gasteiger partial charge in [-0.15, -0.1) is 0 Å². The standard InChI is InChI=1S/C23H38N4O/c1-2-3-15-27(23(28)21-10-5-4-6-11-21)16-8-7-14-25-19-22(20-25)26-17-9-12-24-13-18-26/h4-6,10-11,22,24H,2-3,7-9,12-20H2,1H3. The van der Waals surface area contributed by atoms with Crippen molar-refractivity contribution in [1.29, 1.82) is 0 Å². The van der Waals surface area contributed by atoms with E-state index in [1.165, 1.54) is 52.1 Å². The van der Waals surface area contributed by atoms with Crippen molar-refractivity contribution in [3.05, 3.63) is 35.9 Å². The zero-order chi connectivity index (χ0) is 19.6. The van der Waals surface area contributed by atoms with Crippen molar-refractivity contribution in [2.24, 2.45) is 0 Å². The van der Waals surface area contributed by atoms with Crippen LogP contribution in [0, 0.1) is 0 Å². The van der Waals surface area contributed by atoms with Gasteiger partial charge in [-0.1, -0.05) is 31.5 Å². The van der Waals surface area contributed by atoms with Crippen molar-refractivity contribution in [3.8, 4) is 0 Å². The molecular weight excluding hydrogens is 348 g/mol. The molecule has 0 atom stereocenters. The lowest BCUT2D eigenvalue weighted by molar-refractivity contribution is 0.0361. The Bertz CT molecular complexity index is 565. The summed E-state index contributed by atoms with van der Waals surface area (Å²) >= 11 is 0. The van der Waals surface area contributed by atoms with E-state index in [1.54, 1.807) is 0 Å². The molecule has 2 fully saturated rings. The Morgan fingerprint density at radius 3 is 2.64 bits per heavy atom. The molecule has 0 aliphatic carbocycles. The first-order chi connectivity index (χ1) is 13.8. The van der Waals surface area contributed by atoms with Gasteiger partial charge in [0, 0.05) is 50.9 Å². The van der Waals surface area contributed by atoms with Crippen molar-refractivity contribution < 1.29 is 4.79 Å². The predicted octanol–water partition coefficient (Wildman–Crippen LogP) is 2.69. The van der Waals surface area contributed by atoms with Crippen LogP contribution in [0.25, 0.3) is 0 Å². The molecule has 0 spiro atoms. The maximum atomic E-state index is 12.8. The summed E-state index contributed by atoms with van der Waals surface area (Å²) < 4.78 is 0. The third kappa shape index (κ3) is 6.29. The van der Waals surface area contributed by atoms with Crippen LogP contribution in [0.2, 0.25) is 0 Å². The summed E-state index contributed by atoms with van der Waals surface area (Å²) in [6.45, 7) is 12.3. The SMILES string of the molecule is CCCCN(CCCCN1CC(N2CCCNCC2)C1)C(=O)c1ccccc1. The topological polar surface area (TPSA) is 38.8 Å². The van der Waals surface area contributed by atoms with Crippen LogP contribution >= 0.6 is 0 Å². The van der Waals surface area contributed by atoms with E-state index in [2.05, 4.69) is 26.9 Å². The van der Waals surface area contributed by atoms with Gasteiger partial charge in [0.25, 0.3) is 5.91 Å². The summed E-state index contributed by atoms with van der Waals surface area (Å²) in [6, 6.07) is 10.5. The molecule has 2 aliphatic rings. The van der Waals surface area contributed by atoms with E-state index in [4.69, 9.17) is 0 Å². The summed E-state index contributed by atoms with van der Waals surface area (Å²) in [5, 5.41) is 3.49. The smallest absolute Gasteiger partial charge is 0.253 e. The third-order valence-electron chi connectivity index (χ3n) is 6.07. The molecule has 2 saturated heterocycles. The van der Waals surface area contributed by atoms with Crippen molar-refractivity contribution in [2.75, 3.05) is 58.9 Å². The first-order valence-electron chi connectivity index (χ1n) is 11.3. The van der Waals surface area contributed by atoms with Gasteiger partial charge in [-0.2, -0.15) is 0 Å². The third-order valence-corrected chi connectivity index (χ3v) is 6.07. The molecule has 28 heavy (non-hydrogen) atoms. The number of amides is 1. The highest BCUT2D eigenvalue weighted by Crippen LogP contribution is 2.17. The number of nitrogens with one attached hydrogen (secondary N) is 1. The minimum Gasteiger partial charge on any atom is -0.339 e. The van der Waals surface area contributed by atoms with E-state index in [0.717, 1.165) is 50.5 Å². The van der Waals surface area contributed by atoms with Gasteiger partial charge in [0.2, 0.25) is 0 Å². The molecule has 1 aromatic carbocycles. The largest absolute Gasteiger partial charge is 0.339 e. The van der Waals surface area contributed by atoms with Gasteiger partial charge >= 0.3 is 0 Å². The number of carbonyl (C=O) groups excluding carboxylic acids is 1. The van der Waals surface area contributed by atoms with Gasteiger partial charge in [0.05, 0.1) is 0 Å². The van der Waals surface area contributed by atoms with Gasteiger partial charge in [0.1, 0.15) is 0 Å². The summed E-state index contributed by atoms with van der Waals surface area (Å²) in [5.74, 6) is 0.188. The average Bonchev–Trinajstić information content (AvgIpc) is 2.98. The Hall–Kier alpha value is -1.43. The molecule has 1 N–H and O–H groups in total. The van der Waals surface area contributed by atoms with Gasteiger partial charge in [-0.25, -0.2) is 0 Å². The fourth-order valence-corrected chi connectivity index (χ4v) is 4.25. The van der Waals surface area contributed by atoms with Crippen LogP contribution in [-0.2, 0) is 0 Å². The Morgan fingerprint density at radius 1 is 1.07 bits per heavy atom. The van der Waals surface area contributed by atoms with E-state index >= 15 is 0 Å². The van der Waals surface area contributed by atoms with Crippen molar-refractivity contribution in [1.82, 2.24) is 20.0 Å². The molecule has 2 heterocycles. The monoisotopic (exact) mass is 386 g/mol. The van der Waals surface area contributed by atoms with Gasteiger partial charge in [0.15, 0.2) is 0 Å². The molecule has 0 unspecified atom stereocenters. The second-order valence-corrected chi connectivity index (χ2v) is 8.27. The second-order valence-electron chi connectivity index (χ2n) is 8.27. The molecule has 5 nitrogen and oxygen atoms in total. The van der Waals surface area contributed by atoms with E-state index in [0.29, 0.717) is 0 Å². The normalized spacial score (nSPS) is 19.2. The number of hydrogen-bond donors (Lipinski definition) is 1. The number of benzene rings is 1. The van der Waals surface area contributed by atoms with Crippen LogP contribution in [0.4, 0.5) is 0 Å². The molecule has 3 rings (SSSR count). The highest BCUT2D eigenvalue weighted by atomic mass is 16.2. The van der Waals surface area contributed by atoms with Crippen LogP contribution in [0.3, 0.4) is 0 Å². The molecule has 156 valence electrons. The quantitative estimate of drug-likeness (QED) is 0.628. The Kier molecular flexibility index (Phi) is 8.77. The number of likely N-dealkylation sites (tertiary alicyclic amines) is 1. The van der Waals surface area contributed by atoms with Crippen molar-refractivity contribution in [3.63, 3.8) is 0 Å². The van der Waals surface area contributed by atoms with Crippen LogP contribution in [0.15, 0.2) is 30.3 Å². The lowest BCUT2D eigenvalue weighted by Gasteiger charge is -2.45. The summed E-state index contributed by atoms with van der Waals surface area (Å²) in [4.78, 5) is 20.1. The maximum absolute atomic E-state index is 12.8. The lowest BCUT2D eigenvalue weighted by atomic mass is 10.1. The molecule has 0 saturated carbocycles. The minimum atomic E-state index is 0.188. The molecule has 0 bridgehead atoms. The van der Waals surface area contributed by atoms with Gasteiger partial charge in [-0.05, 0) is 57.5 Å². The first-order valence-corrected chi connectivity index (χ1v) is 11.3. The number of hydrogen-bond acceptors (Lipinski definition) is 4. The van der Waals surface area contributed by atoms with E-state index in [9.17, 15) is 4.79 Å². The molecule has 0 radical (unpaired) electrons. The van der Waals surface area contributed by atoms with Crippen LogP contribution in [-0.4, -0.2) is 85.6 Å². The van der Waals surface area contributed by atoms with Crippen molar-refractivity contribution in [2.45, 2.75) is 45.1 Å². The van der Waals surface area contributed by atoms with Crippen molar-refractivity contribution >= 4 is 5.91 Å². The molecule has 1 amide bonds. The van der Waals surface area contributed by atoms with Gasteiger partial charge < -0.3 is 15.1 Å². The fraction of sp³-hybridized carbons (Fsp3) is 0.696. The van der Waals surface area contributed by atoms with E-state index in [1.807, 2.05) is 30.3 Å². The van der Waals surface area contributed by atoms with E-state index in [-0.39, 0.29) is 5.91 Å². The van der Waals surface area contributed by atoms with Crippen LogP contribution in [0.1, 0.15) is 49.4 Å². The Labute approximate surface area is 171 Å². The highest BCUT2D eigenvalue weighted by molar-refractivity contribution is 5.94. The summed E-state index contributed by atoms with van der Waals surface area (Å²) in [5.41, 5.74) is 0.816. The fourth-order valence-electron chi connectivity index (χ4n) is 4.25. The van der Waals surface area contributed by atoms with Crippen LogP contribution in [0.5, 0.6) is 0 Å². The molecule has 5 heteroatoms. The van der Waals surface area contributed by atoms with Gasteiger partial charge in [-0.3, -0.25) is 9.69 Å². The minimum absolute atomic E-state index is 0.188. The zero-order valence-corrected chi connectivity index (χ0v) is 17.6.